The van der Waals surface area contributed by atoms with Crippen molar-refractivity contribution in [2.45, 2.75) is 32.7 Å². The Morgan fingerprint density at radius 3 is 2.61 bits per heavy atom. The highest BCUT2D eigenvalue weighted by Crippen LogP contribution is 2.16. The maximum atomic E-state index is 12.0. The highest BCUT2D eigenvalue weighted by atomic mass is 79.9. The second kappa shape index (κ2) is 6.54. The van der Waals surface area contributed by atoms with E-state index in [2.05, 4.69) is 21.2 Å². The number of halogens is 1. The summed E-state index contributed by atoms with van der Waals surface area (Å²) in [4.78, 5) is 22.9. The van der Waals surface area contributed by atoms with Gasteiger partial charge in [0.25, 0.3) is 5.91 Å². The van der Waals surface area contributed by atoms with E-state index in [1.807, 2.05) is 19.9 Å². The van der Waals surface area contributed by atoms with Crippen molar-refractivity contribution >= 4 is 27.8 Å². The predicted octanol–water partition coefficient (Wildman–Crippen LogP) is 2.74. The molecule has 0 fully saturated rings. The normalized spacial score (nSPS) is 11.9. The van der Waals surface area contributed by atoms with Crippen molar-refractivity contribution in [2.75, 3.05) is 0 Å². The van der Waals surface area contributed by atoms with Gasteiger partial charge in [-0.3, -0.25) is 4.79 Å². The Hall–Kier alpha value is -1.36. The number of hydrogen-bond donors (Lipinski definition) is 2. The van der Waals surface area contributed by atoms with Gasteiger partial charge in [-0.2, -0.15) is 0 Å². The van der Waals surface area contributed by atoms with Crippen LogP contribution in [0.5, 0.6) is 0 Å². The quantitative estimate of drug-likeness (QED) is 0.878. The fraction of sp³-hybridized carbons (Fsp3) is 0.385. The summed E-state index contributed by atoms with van der Waals surface area (Å²) in [7, 11) is 0. The van der Waals surface area contributed by atoms with E-state index in [1.165, 1.54) is 0 Å². The number of carboxylic acids is 1. The number of benzene rings is 1. The molecule has 1 rings (SSSR count). The number of carbonyl (C=O) groups is 2. The summed E-state index contributed by atoms with van der Waals surface area (Å²) < 4.78 is 0.889. The third kappa shape index (κ3) is 3.84. The topological polar surface area (TPSA) is 66.4 Å². The highest BCUT2D eigenvalue weighted by molar-refractivity contribution is 9.10. The Morgan fingerprint density at radius 1 is 1.44 bits per heavy atom. The number of hydrogen-bond acceptors (Lipinski definition) is 2. The van der Waals surface area contributed by atoms with E-state index in [9.17, 15) is 9.59 Å². The SMILES string of the molecule is CCCC(NC(=O)c1ccc(Br)cc1C)C(=O)O. The molecule has 4 nitrogen and oxygen atoms in total. The largest absolute Gasteiger partial charge is 0.480 e. The van der Waals surface area contributed by atoms with Crippen molar-refractivity contribution in [3.05, 3.63) is 33.8 Å². The van der Waals surface area contributed by atoms with Crippen LogP contribution in [0.4, 0.5) is 0 Å². The van der Waals surface area contributed by atoms with E-state index in [1.54, 1.807) is 12.1 Å². The molecule has 1 aromatic rings. The van der Waals surface area contributed by atoms with E-state index < -0.39 is 12.0 Å². The first kappa shape index (κ1) is 14.7. The van der Waals surface area contributed by atoms with Crippen LogP contribution in [-0.4, -0.2) is 23.0 Å². The number of aryl methyl sites for hydroxylation is 1. The maximum Gasteiger partial charge on any atom is 0.326 e. The van der Waals surface area contributed by atoms with Crippen LogP contribution in [-0.2, 0) is 4.79 Å². The van der Waals surface area contributed by atoms with Crippen LogP contribution < -0.4 is 5.32 Å². The molecule has 1 atom stereocenters. The molecule has 0 aliphatic carbocycles. The van der Waals surface area contributed by atoms with Crippen LogP contribution in [0.3, 0.4) is 0 Å². The molecule has 0 aliphatic rings. The number of carbonyl (C=O) groups excluding carboxylic acids is 1. The molecule has 0 saturated carbocycles. The zero-order valence-electron chi connectivity index (χ0n) is 10.4. The van der Waals surface area contributed by atoms with E-state index in [-0.39, 0.29) is 5.91 Å². The van der Waals surface area contributed by atoms with E-state index in [4.69, 9.17) is 5.11 Å². The summed E-state index contributed by atoms with van der Waals surface area (Å²) in [5.74, 6) is -1.35. The second-order valence-corrected chi connectivity index (χ2v) is 5.03. The summed E-state index contributed by atoms with van der Waals surface area (Å²) in [6.07, 6.45) is 1.13. The van der Waals surface area contributed by atoms with Crippen molar-refractivity contribution in [3.8, 4) is 0 Å². The molecule has 1 aromatic carbocycles. The minimum Gasteiger partial charge on any atom is -0.480 e. The minimum absolute atomic E-state index is 0.346. The maximum absolute atomic E-state index is 12.0. The van der Waals surface area contributed by atoms with Crippen LogP contribution in [0.15, 0.2) is 22.7 Å². The first-order valence-corrected chi connectivity index (χ1v) is 6.54. The van der Waals surface area contributed by atoms with Gasteiger partial charge in [0.15, 0.2) is 0 Å². The van der Waals surface area contributed by atoms with Crippen molar-refractivity contribution < 1.29 is 14.7 Å². The number of nitrogens with one attached hydrogen (secondary N) is 1. The lowest BCUT2D eigenvalue weighted by molar-refractivity contribution is -0.139. The summed E-state index contributed by atoms with van der Waals surface area (Å²) in [6.45, 7) is 3.70. The lowest BCUT2D eigenvalue weighted by Gasteiger charge is -2.14. The predicted molar refractivity (Wildman–Crippen MR) is 72.7 cm³/mol. The molecule has 98 valence electrons. The first-order chi connectivity index (χ1) is 8.45. The third-order valence-electron chi connectivity index (χ3n) is 2.61. The van der Waals surface area contributed by atoms with Gasteiger partial charge in [-0.25, -0.2) is 4.79 Å². The van der Waals surface area contributed by atoms with Gasteiger partial charge in [0.05, 0.1) is 0 Å². The van der Waals surface area contributed by atoms with Gasteiger partial charge in [0, 0.05) is 10.0 Å². The average Bonchev–Trinajstić information content (AvgIpc) is 2.27. The Balaban J connectivity index is 2.83. The van der Waals surface area contributed by atoms with Gasteiger partial charge in [-0.05, 0) is 37.1 Å². The Morgan fingerprint density at radius 2 is 2.11 bits per heavy atom. The fourth-order valence-corrected chi connectivity index (χ4v) is 2.14. The zero-order chi connectivity index (χ0) is 13.7. The lowest BCUT2D eigenvalue weighted by atomic mass is 10.1. The molecule has 2 N–H and O–H groups in total. The van der Waals surface area contributed by atoms with Crippen LogP contribution >= 0.6 is 15.9 Å². The van der Waals surface area contributed by atoms with Crippen molar-refractivity contribution in [1.29, 1.82) is 0 Å². The summed E-state index contributed by atoms with van der Waals surface area (Å²) in [6, 6.07) is 4.44. The monoisotopic (exact) mass is 313 g/mol. The Labute approximate surface area is 115 Å². The van der Waals surface area contributed by atoms with Gasteiger partial charge in [-0.15, -0.1) is 0 Å². The number of rotatable bonds is 5. The molecule has 0 aromatic heterocycles. The number of aliphatic carboxylic acids is 1. The molecule has 1 amide bonds. The number of carboxylic acid groups (broad SMARTS) is 1. The van der Waals surface area contributed by atoms with Crippen LogP contribution in [0.1, 0.15) is 35.7 Å². The molecular formula is C13H16BrNO3. The van der Waals surface area contributed by atoms with Crippen molar-refractivity contribution in [1.82, 2.24) is 5.32 Å². The molecule has 1 unspecified atom stereocenters. The van der Waals surface area contributed by atoms with Crippen molar-refractivity contribution in [3.63, 3.8) is 0 Å². The molecule has 0 heterocycles. The Bertz CT molecular complexity index is 460. The summed E-state index contributed by atoms with van der Waals surface area (Å²) in [5, 5.41) is 11.5. The van der Waals surface area contributed by atoms with E-state index >= 15 is 0 Å². The van der Waals surface area contributed by atoms with Gasteiger partial charge < -0.3 is 10.4 Å². The van der Waals surface area contributed by atoms with Gasteiger partial charge in [-0.1, -0.05) is 29.3 Å². The van der Waals surface area contributed by atoms with Gasteiger partial charge >= 0.3 is 5.97 Å². The molecule has 0 bridgehead atoms. The molecule has 0 aliphatic heterocycles. The smallest absolute Gasteiger partial charge is 0.326 e. The average molecular weight is 314 g/mol. The third-order valence-corrected chi connectivity index (χ3v) is 3.11. The van der Waals surface area contributed by atoms with Gasteiger partial charge in [0.2, 0.25) is 0 Å². The van der Waals surface area contributed by atoms with Crippen LogP contribution in [0.25, 0.3) is 0 Å². The lowest BCUT2D eigenvalue weighted by Crippen LogP contribution is -2.40. The molecule has 5 heteroatoms. The molecule has 0 radical (unpaired) electrons. The highest BCUT2D eigenvalue weighted by Gasteiger charge is 2.20. The number of amides is 1. The van der Waals surface area contributed by atoms with Crippen molar-refractivity contribution in [2.24, 2.45) is 0 Å². The second-order valence-electron chi connectivity index (χ2n) is 4.11. The standard InChI is InChI=1S/C13H16BrNO3/c1-3-4-11(13(17)18)15-12(16)10-6-5-9(14)7-8(10)2/h5-7,11H,3-4H2,1-2H3,(H,15,16)(H,17,18). The van der Waals surface area contributed by atoms with Crippen LogP contribution in [0, 0.1) is 6.92 Å². The Kier molecular flexibility index (Phi) is 5.34. The molecular weight excluding hydrogens is 298 g/mol. The molecule has 18 heavy (non-hydrogen) atoms. The summed E-state index contributed by atoms with van der Waals surface area (Å²) >= 11 is 3.32. The van der Waals surface area contributed by atoms with Gasteiger partial charge in [0.1, 0.15) is 6.04 Å². The fourth-order valence-electron chi connectivity index (χ4n) is 1.66. The van der Waals surface area contributed by atoms with Crippen LogP contribution in [0.2, 0.25) is 0 Å². The summed E-state index contributed by atoms with van der Waals surface area (Å²) in [5.41, 5.74) is 1.31. The van der Waals surface area contributed by atoms with E-state index in [0.29, 0.717) is 18.4 Å². The molecule has 0 spiro atoms. The first-order valence-electron chi connectivity index (χ1n) is 5.75. The molecule has 0 saturated heterocycles. The van der Waals surface area contributed by atoms with E-state index in [0.717, 1.165) is 10.0 Å². The minimum atomic E-state index is -1.00. The zero-order valence-corrected chi connectivity index (χ0v) is 12.0.